The second kappa shape index (κ2) is 3.69. The van der Waals surface area contributed by atoms with Crippen molar-refractivity contribution < 1.29 is 0 Å². The summed E-state index contributed by atoms with van der Waals surface area (Å²) >= 11 is 5.64. The van der Waals surface area contributed by atoms with Crippen LogP contribution in [0.1, 0.15) is 19.8 Å². The van der Waals surface area contributed by atoms with Gasteiger partial charge >= 0.3 is 0 Å². The van der Waals surface area contributed by atoms with Crippen LogP contribution < -0.4 is 0 Å². The minimum atomic E-state index is 0.509. The Morgan fingerprint density at radius 1 is 1.83 bits per heavy atom. The van der Waals surface area contributed by atoms with E-state index in [2.05, 4.69) is 6.92 Å². The number of hydrogen-bond acceptors (Lipinski definition) is 0. The van der Waals surface area contributed by atoms with Gasteiger partial charge in [0.1, 0.15) is 0 Å². The molecule has 1 atom stereocenters. The van der Waals surface area contributed by atoms with E-state index in [0.29, 0.717) is 5.00 Å². The highest BCUT2D eigenvalue weighted by atomic mass is 35.5. The molecule has 0 fully saturated rings. The lowest BCUT2D eigenvalue weighted by Gasteiger charge is -1.93. The van der Waals surface area contributed by atoms with Crippen molar-refractivity contribution in [2.45, 2.75) is 24.8 Å². The monoisotopic (exact) mass is 122 g/mol. The molecule has 0 saturated heterocycles. The van der Waals surface area contributed by atoms with Gasteiger partial charge in [0.05, 0.1) is 0 Å². The number of hydrogen-bond donors (Lipinski definition) is 0. The van der Waals surface area contributed by atoms with Crippen LogP contribution in [0.5, 0.6) is 0 Å². The van der Waals surface area contributed by atoms with Gasteiger partial charge in [-0.2, -0.15) is 0 Å². The summed E-state index contributed by atoms with van der Waals surface area (Å²) in [6.45, 7) is 2.16. The Balaban J connectivity index is 2.63. The van der Waals surface area contributed by atoms with Crippen LogP contribution in [0, 0.1) is 0 Å². The van der Waals surface area contributed by atoms with Gasteiger partial charge in [-0.05, 0) is 6.42 Å². The zero-order valence-corrected chi connectivity index (χ0v) is 7.13. The van der Waals surface area contributed by atoms with Crippen LogP contribution in [0.3, 0.4) is 0 Å². The molecule has 0 radical (unpaired) electrons. The van der Waals surface area contributed by atoms with Crippen molar-refractivity contribution >= 4 is 21.8 Å². The molecule has 0 aromatic carbocycles. The molecule has 0 aromatic heterocycles. The summed E-state index contributed by atoms with van der Waals surface area (Å²) in [7, 11) is 1.14. The predicted octanol–water partition coefficient (Wildman–Crippen LogP) is 0.717. The fourth-order valence-corrected chi connectivity index (χ4v) is 1.19. The number of halogens is 1. The van der Waals surface area contributed by atoms with Gasteiger partial charge in [0, 0.05) is 15.2 Å². The molecule has 0 bridgehead atoms. The third kappa shape index (κ3) is 4.51. The molecule has 2 heteroatoms. The van der Waals surface area contributed by atoms with Crippen molar-refractivity contribution in [3.8, 4) is 0 Å². The van der Waals surface area contributed by atoms with Crippen LogP contribution in [-0.4, -0.2) is 15.2 Å². The standard InChI is InChI=1S/C4H11ClSi/c1-2-3-4(5)6/h4H,2-3H2,1,6H3. The second-order valence-electron chi connectivity index (χ2n) is 1.57. The maximum atomic E-state index is 5.64. The number of rotatable bonds is 2. The molecule has 0 nitrogen and oxygen atoms in total. The normalized spacial score (nSPS) is 15.0. The van der Waals surface area contributed by atoms with E-state index >= 15 is 0 Å². The lowest BCUT2D eigenvalue weighted by Crippen LogP contribution is -1.93. The SMILES string of the molecule is CCCC([SiH3])Cl. The topological polar surface area (TPSA) is 0 Å². The molecule has 0 N–H and O–H groups in total. The molecule has 0 spiro atoms. The first kappa shape index (κ1) is 6.51. The van der Waals surface area contributed by atoms with Crippen molar-refractivity contribution in [3.63, 3.8) is 0 Å². The molecule has 0 aliphatic heterocycles. The molecule has 0 heterocycles. The second-order valence-corrected chi connectivity index (χ2v) is 4.44. The fourth-order valence-electron chi connectivity index (χ4n) is 0.398. The van der Waals surface area contributed by atoms with Crippen molar-refractivity contribution in [1.82, 2.24) is 0 Å². The highest BCUT2D eigenvalue weighted by molar-refractivity contribution is 6.40. The van der Waals surface area contributed by atoms with Crippen LogP contribution >= 0.6 is 11.6 Å². The first-order chi connectivity index (χ1) is 2.77. The molecule has 38 valence electrons. The predicted molar refractivity (Wildman–Crippen MR) is 34.5 cm³/mol. The van der Waals surface area contributed by atoms with Crippen LogP contribution in [-0.2, 0) is 0 Å². The van der Waals surface area contributed by atoms with Crippen LogP contribution in [0.2, 0.25) is 0 Å². The molecule has 6 heavy (non-hydrogen) atoms. The van der Waals surface area contributed by atoms with E-state index in [1.165, 1.54) is 12.8 Å². The summed E-state index contributed by atoms with van der Waals surface area (Å²) in [5, 5.41) is 0.509. The maximum Gasteiger partial charge on any atom is 0.0254 e. The van der Waals surface area contributed by atoms with E-state index in [1.54, 1.807) is 0 Å². The minimum absolute atomic E-state index is 0.509. The van der Waals surface area contributed by atoms with E-state index < -0.39 is 0 Å². The maximum absolute atomic E-state index is 5.64. The summed E-state index contributed by atoms with van der Waals surface area (Å²) < 4.78 is 0. The Bertz CT molecular complexity index is 28.7. The fraction of sp³-hybridized carbons (Fsp3) is 1.00. The molecule has 0 aliphatic carbocycles. The van der Waals surface area contributed by atoms with E-state index in [4.69, 9.17) is 11.6 Å². The van der Waals surface area contributed by atoms with Crippen molar-refractivity contribution in [1.29, 1.82) is 0 Å². The molecule has 0 amide bonds. The lowest BCUT2D eigenvalue weighted by atomic mass is 10.4. The summed E-state index contributed by atoms with van der Waals surface area (Å²) in [4.78, 5) is 0. The highest BCUT2D eigenvalue weighted by Gasteiger charge is 1.88. The van der Waals surface area contributed by atoms with E-state index in [1.807, 2.05) is 0 Å². The van der Waals surface area contributed by atoms with E-state index in [-0.39, 0.29) is 0 Å². The molecular weight excluding hydrogens is 112 g/mol. The van der Waals surface area contributed by atoms with Gasteiger partial charge in [0.15, 0.2) is 0 Å². The molecular formula is C4H11ClSi. The third-order valence-corrected chi connectivity index (χ3v) is 1.48. The van der Waals surface area contributed by atoms with Gasteiger partial charge in [-0.3, -0.25) is 0 Å². The van der Waals surface area contributed by atoms with Gasteiger partial charge in [-0.25, -0.2) is 0 Å². The highest BCUT2D eigenvalue weighted by Crippen LogP contribution is 1.97. The smallest absolute Gasteiger partial charge is 0.0254 e. The first-order valence-corrected chi connectivity index (χ1v) is 4.00. The average molecular weight is 123 g/mol. The van der Waals surface area contributed by atoms with Gasteiger partial charge in [-0.15, -0.1) is 11.6 Å². The lowest BCUT2D eigenvalue weighted by molar-refractivity contribution is 0.859. The largest absolute Gasteiger partial charge is 0.128 e. The van der Waals surface area contributed by atoms with Crippen LogP contribution in [0.4, 0.5) is 0 Å². The summed E-state index contributed by atoms with van der Waals surface area (Å²) in [6.07, 6.45) is 2.44. The van der Waals surface area contributed by atoms with E-state index in [0.717, 1.165) is 10.2 Å². The van der Waals surface area contributed by atoms with Gasteiger partial charge in [0.25, 0.3) is 0 Å². The van der Waals surface area contributed by atoms with Crippen LogP contribution in [0.15, 0.2) is 0 Å². The Kier molecular flexibility index (Phi) is 4.00. The quantitative estimate of drug-likeness (QED) is 0.374. The Morgan fingerprint density at radius 3 is 2.33 bits per heavy atom. The average Bonchev–Trinajstić information content (AvgIpc) is 1.35. The third-order valence-electron chi connectivity index (χ3n) is 0.686. The van der Waals surface area contributed by atoms with E-state index in [9.17, 15) is 0 Å². The Hall–Kier alpha value is 0.507. The first-order valence-electron chi connectivity index (χ1n) is 2.41. The molecule has 0 aromatic rings. The zero-order valence-electron chi connectivity index (χ0n) is 4.37. The van der Waals surface area contributed by atoms with Crippen molar-refractivity contribution in [3.05, 3.63) is 0 Å². The Labute approximate surface area is 47.3 Å². The van der Waals surface area contributed by atoms with Crippen molar-refractivity contribution in [2.24, 2.45) is 0 Å². The molecule has 1 unspecified atom stereocenters. The van der Waals surface area contributed by atoms with Gasteiger partial charge in [0.2, 0.25) is 0 Å². The summed E-state index contributed by atoms with van der Waals surface area (Å²) in [6, 6.07) is 0. The van der Waals surface area contributed by atoms with Crippen molar-refractivity contribution in [2.75, 3.05) is 0 Å². The summed E-state index contributed by atoms with van der Waals surface area (Å²) in [5.41, 5.74) is 0. The van der Waals surface area contributed by atoms with Gasteiger partial charge < -0.3 is 0 Å². The molecule has 0 aliphatic rings. The number of alkyl halides is 1. The summed E-state index contributed by atoms with van der Waals surface area (Å²) in [5.74, 6) is 0. The van der Waals surface area contributed by atoms with Gasteiger partial charge in [-0.1, -0.05) is 13.3 Å². The molecule has 0 rings (SSSR count). The minimum Gasteiger partial charge on any atom is -0.128 e. The Morgan fingerprint density at radius 2 is 2.33 bits per heavy atom. The zero-order chi connectivity index (χ0) is 4.99. The van der Waals surface area contributed by atoms with Crippen LogP contribution in [0.25, 0.3) is 0 Å². The molecule has 0 saturated carbocycles.